The summed E-state index contributed by atoms with van der Waals surface area (Å²) in [6.07, 6.45) is -2.41. The highest BCUT2D eigenvalue weighted by molar-refractivity contribution is 8.09. The van der Waals surface area contributed by atoms with E-state index in [4.69, 9.17) is 30.3 Å². The van der Waals surface area contributed by atoms with Gasteiger partial charge in [-0.1, -0.05) is 30.9 Å². The molecule has 1 fully saturated rings. The van der Waals surface area contributed by atoms with Crippen LogP contribution in [-0.4, -0.2) is 62.3 Å². The Kier molecular flexibility index (Phi) is 9.24. The van der Waals surface area contributed by atoms with Crippen LogP contribution >= 0.6 is 6.64 Å². The summed E-state index contributed by atoms with van der Waals surface area (Å²) in [6.45, 7) is 4.65. The first-order valence-corrected chi connectivity index (χ1v) is 14.0. The Labute approximate surface area is 218 Å². The number of hydrogen-bond donors (Lipinski definition) is 4. The Balaban J connectivity index is 1.83. The van der Waals surface area contributed by atoms with Crippen molar-refractivity contribution in [3.05, 3.63) is 76.1 Å². The van der Waals surface area contributed by atoms with Crippen molar-refractivity contribution in [2.75, 3.05) is 6.61 Å². The predicted octanol–water partition coefficient (Wildman–Crippen LogP) is 0.962. The molecule has 1 aromatic heterocycles. The first kappa shape index (κ1) is 28.9. The molecule has 37 heavy (non-hydrogen) atoms. The molecule has 2 aromatic rings. The summed E-state index contributed by atoms with van der Waals surface area (Å²) in [5.41, 5.74) is -3.61. The van der Waals surface area contributed by atoms with Gasteiger partial charge in [0, 0.05) is 12.3 Å². The van der Waals surface area contributed by atoms with E-state index in [1.165, 1.54) is 0 Å². The SMILES string of the molecule is C=C[C@]1(O)C(n2ccc(=O)[nH]c2=O)OC(COP(=S)(NC(C)C(=O)OC(C)C)Oc2ccccc2)[C@H]1O. The maximum Gasteiger partial charge on any atom is 0.330 e. The van der Waals surface area contributed by atoms with Gasteiger partial charge in [-0.15, -0.1) is 0 Å². The number of aromatic nitrogens is 2. The fourth-order valence-electron chi connectivity index (χ4n) is 3.55. The van der Waals surface area contributed by atoms with Crippen molar-refractivity contribution in [3.8, 4) is 5.75 Å². The third kappa shape index (κ3) is 6.82. The van der Waals surface area contributed by atoms with Gasteiger partial charge in [-0.2, -0.15) is 0 Å². The average Bonchev–Trinajstić information content (AvgIpc) is 3.08. The molecule has 1 aliphatic heterocycles. The number of esters is 1. The van der Waals surface area contributed by atoms with Crippen LogP contribution in [0.3, 0.4) is 0 Å². The number of ether oxygens (including phenoxy) is 2. The van der Waals surface area contributed by atoms with Gasteiger partial charge in [-0.05, 0) is 44.7 Å². The number of aliphatic hydroxyl groups excluding tert-OH is 1. The second-order valence-corrected chi connectivity index (χ2v) is 11.8. The van der Waals surface area contributed by atoms with Crippen molar-refractivity contribution < 1.29 is 33.5 Å². The molecular formula is C23H30N3O9PS. The minimum atomic E-state index is -3.46. The lowest BCUT2D eigenvalue weighted by Crippen LogP contribution is -2.47. The lowest BCUT2D eigenvalue weighted by molar-refractivity contribution is -0.149. The highest BCUT2D eigenvalue weighted by Crippen LogP contribution is 2.47. The van der Waals surface area contributed by atoms with Crippen LogP contribution < -0.4 is 20.9 Å². The zero-order valence-corrected chi connectivity index (χ0v) is 22.2. The van der Waals surface area contributed by atoms with Gasteiger partial charge in [0.25, 0.3) is 5.56 Å². The van der Waals surface area contributed by atoms with Crippen molar-refractivity contribution in [2.24, 2.45) is 0 Å². The van der Waals surface area contributed by atoms with Gasteiger partial charge in [0.2, 0.25) is 0 Å². The minimum absolute atomic E-state index is 0.350. The number of hydrogen-bond acceptors (Lipinski definition) is 10. The minimum Gasteiger partial charge on any atom is -0.462 e. The van der Waals surface area contributed by atoms with E-state index < -0.39 is 60.5 Å². The number of carbonyl (C=O) groups is 1. The van der Waals surface area contributed by atoms with Crippen LogP contribution in [0.15, 0.2) is 64.8 Å². The van der Waals surface area contributed by atoms with Gasteiger partial charge in [0.15, 0.2) is 11.8 Å². The monoisotopic (exact) mass is 555 g/mol. The molecule has 1 aliphatic rings. The van der Waals surface area contributed by atoms with Crippen LogP contribution in [0.5, 0.6) is 5.75 Å². The molecule has 4 N–H and O–H groups in total. The molecular weight excluding hydrogens is 525 g/mol. The summed E-state index contributed by atoms with van der Waals surface area (Å²) in [5.74, 6) is -0.198. The number of para-hydroxylation sites is 1. The maximum absolute atomic E-state index is 12.4. The Morgan fingerprint density at radius 2 is 2.00 bits per heavy atom. The summed E-state index contributed by atoms with van der Waals surface area (Å²) in [5, 5.41) is 24.8. The van der Waals surface area contributed by atoms with Gasteiger partial charge in [-0.25, -0.2) is 9.88 Å². The molecule has 202 valence electrons. The van der Waals surface area contributed by atoms with Crippen LogP contribution in [0, 0.1) is 0 Å². The van der Waals surface area contributed by atoms with E-state index in [0.29, 0.717) is 5.75 Å². The van der Waals surface area contributed by atoms with Crippen molar-refractivity contribution in [1.29, 1.82) is 0 Å². The molecule has 0 saturated carbocycles. The molecule has 0 radical (unpaired) electrons. The molecule has 0 amide bonds. The highest BCUT2D eigenvalue weighted by Gasteiger charge is 2.55. The number of carbonyl (C=O) groups excluding carboxylic acids is 1. The van der Waals surface area contributed by atoms with Crippen molar-refractivity contribution in [2.45, 2.75) is 57.0 Å². The van der Waals surface area contributed by atoms with Crippen LogP contribution in [-0.2, 0) is 30.6 Å². The molecule has 6 atom stereocenters. The summed E-state index contributed by atoms with van der Waals surface area (Å²) in [7, 11) is 0. The number of nitrogens with zero attached hydrogens (tertiary/aromatic N) is 1. The molecule has 0 bridgehead atoms. The lowest BCUT2D eigenvalue weighted by atomic mass is 9.94. The molecule has 2 heterocycles. The van der Waals surface area contributed by atoms with Crippen molar-refractivity contribution in [1.82, 2.24) is 14.6 Å². The van der Waals surface area contributed by atoms with Crippen LogP contribution in [0.2, 0.25) is 0 Å². The van der Waals surface area contributed by atoms with E-state index in [0.717, 1.165) is 22.9 Å². The van der Waals surface area contributed by atoms with Gasteiger partial charge in [0.1, 0.15) is 24.0 Å². The van der Waals surface area contributed by atoms with E-state index in [1.54, 1.807) is 51.1 Å². The smallest absolute Gasteiger partial charge is 0.330 e. The van der Waals surface area contributed by atoms with Gasteiger partial charge >= 0.3 is 18.3 Å². The number of nitrogens with one attached hydrogen (secondary N) is 2. The normalized spacial score (nSPS) is 25.8. The first-order valence-electron chi connectivity index (χ1n) is 11.4. The first-order chi connectivity index (χ1) is 17.4. The number of H-pyrrole nitrogens is 1. The summed E-state index contributed by atoms with van der Waals surface area (Å²) in [6, 6.07) is 8.71. The predicted molar refractivity (Wildman–Crippen MR) is 138 cm³/mol. The summed E-state index contributed by atoms with van der Waals surface area (Å²) in [4.78, 5) is 38.2. The molecule has 1 aromatic carbocycles. The number of rotatable bonds is 11. The van der Waals surface area contributed by atoms with E-state index in [2.05, 4.69) is 16.7 Å². The van der Waals surface area contributed by atoms with Crippen LogP contribution in [0.4, 0.5) is 0 Å². The van der Waals surface area contributed by atoms with E-state index >= 15 is 0 Å². The Morgan fingerprint density at radius 3 is 2.59 bits per heavy atom. The lowest BCUT2D eigenvalue weighted by Gasteiger charge is -2.29. The molecule has 12 nitrogen and oxygen atoms in total. The van der Waals surface area contributed by atoms with Crippen LogP contribution in [0.25, 0.3) is 0 Å². The largest absolute Gasteiger partial charge is 0.462 e. The third-order valence-corrected chi connectivity index (χ3v) is 7.89. The maximum atomic E-state index is 12.4. The standard InChI is InChI=1S/C23H30N3O9PS/c1-5-23(31)19(28)17(34-21(23)26-12-11-18(27)24-22(26)30)13-32-36(37,35-16-9-7-6-8-10-16)25-15(4)20(29)33-14(2)3/h5-12,14-15,17,19,21,28,31H,1,13H2,2-4H3,(H,25,37)(H,24,27,30)/t15?,17?,19-,21?,23-,36?/m1/s1. The second kappa shape index (κ2) is 11.8. The number of aliphatic hydroxyl groups is 2. The highest BCUT2D eigenvalue weighted by atomic mass is 32.5. The fraction of sp³-hybridized carbons (Fsp3) is 0.435. The average molecular weight is 556 g/mol. The van der Waals surface area contributed by atoms with Gasteiger partial charge in [-0.3, -0.25) is 19.1 Å². The number of benzene rings is 1. The fourth-order valence-corrected chi connectivity index (χ4v) is 5.97. The molecule has 1 saturated heterocycles. The van der Waals surface area contributed by atoms with E-state index in [9.17, 15) is 24.6 Å². The zero-order chi connectivity index (χ0) is 27.4. The topological polar surface area (TPSA) is 161 Å². The molecule has 3 rings (SSSR count). The van der Waals surface area contributed by atoms with Crippen LogP contribution in [0.1, 0.15) is 27.0 Å². The Morgan fingerprint density at radius 1 is 1.32 bits per heavy atom. The Bertz CT molecular complexity index is 1270. The quantitative estimate of drug-likeness (QED) is 0.178. The third-order valence-electron chi connectivity index (χ3n) is 5.39. The number of aromatic amines is 1. The molecule has 0 aliphatic carbocycles. The Hall–Kier alpha value is -2.64. The van der Waals surface area contributed by atoms with E-state index in [1.807, 2.05) is 0 Å². The second-order valence-electron chi connectivity index (χ2n) is 8.61. The molecule has 4 unspecified atom stereocenters. The van der Waals surface area contributed by atoms with Gasteiger partial charge < -0.3 is 28.7 Å². The van der Waals surface area contributed by atoms with Crippen molar-refractivity contribution in [3.63, 3.8) is 0 Å². The summed E-state index contributed by atoms with van der Waals surface area (Å²) < 4.78 is 23.7. The molecule has 14 heteroatoms. The van der Waals surface area contributed by atoms with E-state index in [-0.39, 0.29) is 6.10 Å². The summed E-state index contributed by atoms with van der Waals surface area (Å²) >= 11 is 5.64. The van der Waals surface area contributed by atoms with Crippen molar-refractivity contribution >= 4 is 24.4 Å². The molecule has 0 spiro atoms. The zero-order valence-electron chi connectivity index (χ0n) is 20.5. The van der Waals surface area contributed by atoms with Gasteiger partial charge in [0.05, 0.1) is 12.7 Å².